The summed E-state index contributed by atoms with van der Waals surface area (Å²) in [6.07, 6.45) is 0.588. The number of hydrogen-bond acceptors (Lipinski definition) is 4. The number of hydrogen-bond donors (Lipinski definition) is 0. The second-order valence-corrected chi connectivity index (χ2v) is 3.94. The third-order valence-electron chi connectivity index (χ3n) is 2.39. The van der Waals surface area contributed by atoms with E-state index in [0.29, 0.717) is 18.4 Å². The van der Waals surface area contributed by atoms with E-state index in [9.17, 15) is 9.59 Å². The Bertz CT molecular complexity index is 386. The first-order valence-electron chi connectivity index (χ1n) is 6.05. The van der Waals surface area contributed by atoms with Crippen LogP contribution >= 0.6 is 0 Å². The summed E-state index contributed by atoms with van der Waals surface area (Å²) in [7, 11) is 0. The molecule has 0 saturated heterocycles. The summed E-state index contributed by atoms with van der Waals surface area (Å²) in [5.74, 6) is -0.596. The Kier molecular flexibility index (Phi) is 5.91. The van der Waals surface area contributed by atoms with Crippen LogP contribution in [0, 0.1) is 0 Å². The van der Waals surface area contributed by atoms with Gasteiger partial charge < -0.3 is 9.47 Å². The fraction of sp³-hybridized carbons (Fsp3) is 0.429. The molecule has 0 aliphatic carbocycles. The van der Waals surface area contributed by atoms with E-state index >= 15 is 0 Å². The van der Waals surface area contributed by atoms with E-state index in [-0.39, 0.29) is 24.6 Å². The number of esters is 2. The fourth-order valence-electron chi connectivity index (χ4n) is 1.32. The van der Waals surface area contributed by atoms with E-state index in [1.54, 1.807) is 38.1 Å². The Morgan fingerprint density at radius 1 is 1.22 bits per heavy atom. The summed E-state index contributed by atoms with van der Waals surface area (Å²) in [4.78, 5) is 22.6. The third kappa shape index (κ3) is 4.99. The number of carbonyl (C=O) groups excluding carboxylic acids is 2. The predicted molar refractivity (Wildman–Crippen MR) is 67.2 cm³/mol. The average molecular weight is 250 g/mol. The van der Waals surface area contributed by atoms with Crippen LogP contribution < -0.4 is 0 Å². The molecule has 4 heteroatoms. The number of rotatable bonds is 6. The van der Waals surface area contributed by atoms with Crippen LogP contribution in [-0.2, 0) is 14.3 Å². The van der Waals surface area contributed by atoms with Crippen LogP contribution in [0.3, 0.4) is 0 Å². The molecule has 1 aromatic rings. The van der Waals surface area contributed by atoms with Gasteiger partial charge in [0.15, 0.2) is 0 Å². The SMILES string of the molecule is CCC(=O)OCCC(C)OC(=O)c1ccccc1. The van der Waals surface area contributed by atoms with Crippen LogP contribution in [0.5, 0.6) is 0 Å². The maximum absolute atomic E-state index is 11.7. The van der Waals surface area contributed by atoms with Crippen molar-refractivity contribution >= 4 is 11.9 Å². The number of ether oxygens (including phenoxy) is 2. The standard InChI is InChI=1S/C14H18O4/c1-3-13(15)17-10-9-11(2)18-14(16)12-7-5-4-6-8-12/h4-8,11H,3,9-10H2,1-2H3. The van der Waals surface area contributed by atoms with E-state index in [1.165, 1.54) is 0 Å². The molecule has 18 heavy (non-hydrogen) atoms. The number of carbonyl (C=O) groups is 2. The second kappa shape index (κ2) is 7.48. The topological polar surface area (TPSA) is 52.6 Å². The van der Waals surface area contributed by atoms with Gasteiger partial charge in [-0.1, -0.05) is 25.1 Å². The Hall–Kier alpha value is -1.84. The summed E-state index contributed by atoms with van der Waals surface area (Å²) in [6, 6.07) is 8.80. The summed E-state index contributed by atoms with van der Waals surface area (Å²) in [5.41, 5.74) is 0.523. The van der Waals surface area contributed by atoms with Crippen LogP contribution in [0.4, 0.5) is 0 Å². The van der Waals surface area contributed by atoms with Crippen molar-refractivity contribution in [2.24, 2.45) is 0 Å². The Labute approximate surface area is 107 Å². The molecule has 0 saturated carbocycles. The van der Waals surface area contributed by atoms with Crippen molar-refractivity contribution in [3.63, 3.8) is 0 Å². The van der Waals surface area contributed by atoms with E-state index in [1.807, 2.05) is 6.07 Å². The molecule has 0 N–H and O–H groups in total. The van der Waals surface area contributed by atoms with Crippen LogP contribution in [0.2, 0.25) is 0 Å². The summed E-state index contributed by atoms with van der Waals surface area (Å²) < 4.78 is 10.1. The molecular weight excluding hydrogens is 232 g/mol. The van der Waals surface area contributed by atoms with Gasteiger partial charge in [-0.3, -0.25) is 4.79 Å². The fourth-order valence-corrected chi connectivity index (χ4v) is 1.32. The molecule has 0 amide bonds. The maximum Gasteiger partial charge on any atom is 0.338 e. The van der Waals surface area contributed by atoms with Crippen LogP contribution in [0.25, 0.3) is 0 Å². The van der Waals surface area contributed by atoms with Crippen molar-refractivity contribution in [1.82, 2.24) is 0 Å². The van der Waals surface area contributed by atoms with Crippen molar-refractivity contribution in [3.8, 4) is 0 Å². The summed E-state index contributed by atoms with van der Waals surface area (Å²) >= 11 is 0. The first kappa shape index (κ1) is 14.2. The zero-order chi connectivity index (χ0) is 13.4. The summed E-state index contributed by atoms with van der Waals surface area (Å²) in [5, 5.41) is 0. The second-order valence-electron chi connectivity index (χ2n) is 3.94. The predicted octanol–water partition coefficient (Wildman–Crippen LogP) is 2.58. The molecule has 0 radical (unpaired) electrons. The Morgan fingerprint density at radius 2 is 1.89 bits per heavy atom. The highest BCUT2D eigenvalue weighted by Crippen LogP contribution is 2.06. The zero-order valence-electron chi connectivity index (χ0n) is 10.7. The largest absolute Gasteiger partial charge is 0.466 e. The van der Waals surface area contributed by atoms with E-state index < -0.39 is 0 Å². The van der Waals surface area contributed by atoms with Gasteiger partial charge in [0.05, 0.1) is 12.2 Å². The minimum absolute atomic E-state index is 0.239. The van der Waals surface area contributed by atoms with Gasteiger partial charge in [0.2, 0.25) is 0 Å². The van der Waals surface area contributed by atoms with E-state index in [2.05, 4.69) is 0 Å². The third-order valence-corrected chi connectivity index (χ3v) is 2.39. The molecule has 0 aromatic heterocycles. The van der Waals surface area contributed by atoms with E-state index in [0.717, 1.165) is 0 Å². The lowest BCUT2D eigenvalue weighted by Crippen LogP contribution is -2.18. The van der Waals surface area contributed by atoms with Gasteiger partial charge in [-0.15, -0.1) is 0 Å². The minimum atomic E-state index is -0.357. The van der Waals surface area contributed by atoms with Crippen molar-refractivity contribution in [2.75, 3.05) is 6.61 Å². The molecule has 0 spiro atoms. The molecule has 4 nitrogen and oxygen atoms in total. The highest BCUT2D eigenvalue weighted by molar-refractivity contribution is 5.89. The first-order valence-corrected chi connectivity index (χ1v) is 6.05. The zero-order valence-corrected chi connectivity index (χ0v) is 10.7. The molecule has 0 bridgehead atoms. The van der Waals surface area contributed by atoms with Gasteiger partial charge in [-0.05, 0) is 19.1 Å². The summed E-state index contributed by atoms with van der Waals surface area (Å²) in [6.45, 7) is 3.79. The molecule has 1 unspecified atom stereocenters. The molecule has 0 aliphatic rings. The van der Waals surface area contributed by atoms with Crippen LogP contribution in [0.15, 0.2) is 30.3 Å². The van der Waals surface area contributed by atoms with Gasteiger partial charge >= 0.3 is 11.9 Å². The van der Waals surface area contributed by atoms with Crippen molar-refractivity contribution in [3.05, 3.63) is 35.9 Å². The number of benzene rings is 1. The molecule has 1 atom stereocenters. The molecule has 1 rings (SSSR count). The quantitative estimate of drug-likeness (QED) is 0.728. The Morgan fingerprint density at radius 3 is 2.50 bits per heavy atom. The average Bonchev–Trinajstić information content (AvgIpc) is 2.39. The molecular formula is C14H18O4. The van der Waals surface area contributed by atoms with Crippen molar-refractivity contribution in [1.29, 1.82) is 0 Å². The first-order chi connectivity index (χ1) is 8.63. The molecule has 1 aromatic carbocycles. The molecule has 98 valence electrons. The van der Waals surface area contributed by atoms with Crippen molar-refractivity contribution < 1.29 is 19.1 Å². The van der Waals surface area contributed by atoms with Gasteiger partial charge in [-0.25, -0.2) is 4.79 Å². The molecule has 0 fully saturated rings. The monoisotopic (exact) mass is 250 g/mol. The van der Waals surface area contributed by atoms with Gasteiger partial charge in [0.1, 0.15) is 6.10 Å². The highest BCUT2D eigenvalue weighted by atomic mass is 16.6. The smallest absolute Gasteiger partial charge is 0.338 e. The molecule has 0 heterocycles. The lowest BCUT2D eigenvalue weighted by Gasteiger charge is -2.13. The normalized spacial score (nSPS) is 11.7. The highest BCUT2D eigenvalue weighted by Gasteiger charge is 2.11. The lowest BCUT2D eigenvalue weighted by molar-refractivity contribution is -0.143. The van der Waals surface area contributed by atoms with Crippen LogP contribution in [-0.4, -0.2) is 24.6 Å². The lowest BCUT2D eigenvalue weighted by atomic mass is 10.2. The maximum atomic E-state index is 11.7. The Balaban J connectivity index is 2.30. The van der Waals surface area contributed by atoms with Gasteiger partial charge in [0.25, 0.3) is 0 Å². The van der Waals surface area contributed by atoms with E-state index in [4.69, 9.17) is 9.47 Å². The van der Waals surface area contributed by atoms with Gasteiger partial charge in [-0.2, -0.15) is 0 Å². The van der Waals surface area contributed by atoms with Crippen molar-refractivity contribution in [2.45, 2.75) is 32.8 Å². The van der Waals surface area contributed by atoms with Crippen LogP contribution in [0.1, 0.15) is 37.0 Å². The minimum Gasteiger partial charge on any atom is -0.466 e. The van der Waals surface area contributed by atoms with Gasteiger partial charge in [0, 0.05) is 12.8 Å². The molecule has 0 aliphatic heterocycles.